The lowest BCUT2D eigenvalue weighted by Gasteiger charge is -2.28. The zero-order chi connectivity index (χ0) is 12.3. The van der Waals surface area contributed by atoms with Gasteiger partial charge in [-0.15, -0.1) is 6.42 Å². The van der Waals surface area contributed by atoms with Crippen molar-refractivity contribution >= 4 is 12.1 Å². The van der Waals surface area contributed by atoms with E-state index in [1.54, 1.807) is 13.8 Å². The summed E-state index contributed by atoms with van der Waals surface area (Å²) in [6.07, 6.45) is 3.24. The fraction of sp³-hybridized carbons (Fsp3) is 0.600. The van der Waals surface area contributed by atoms with Crippen LogP contribution in [0.15, 0.2) is 0 Å². The van der Waals surface area contributed by atoms with E-state index in [1.165, 1.54) is 4.90 Å². The molecule has 1 saturated heterocycles. The largest absolute Gasteiger partial charge is 0.479 e. The molecule has 16 heavy (non-hydrogen) atoms. The Labute approximate surface area is 93.1 Å². The van der Waals surface area contributed by atoms with Gasteiger partial charge < -0.3 is 14.6 Å². The van der Waals surface area contributed by atoms with Crippen LogP contribution in [0, 0.1) is 12.3 Å². The number of carbonyl (C=O) groups is 2. The van der Waals surface area contributed by atoms with Gasteiger partial charge in [-0.3, -0.25) is 4.90 Å². The van der Waals surface area contributed by atoms with Crippen molar-refractivity contribution in [2.24, 2.45) is 0 Å². The first kappa shape index (κ1) is 12.3. The van der Waals surface area contributed by atoms with Crippen LogP contribution < -0.4 is 0 Å². The molecule has 1 amide bonds. The minimum Gasteiger partial charge on any atom is -0.479 e. The minimum absolute atomic E-state index is 0.0499. The van der Waals surface area contributed by atoms with Gasteiger partial charge in [0.15, 0.2) is 12.7 Å². The van der Waals surface area contributed by atoms with Gasteiger partial charge in [0.05, 0.1) is 6.54 Å². The second-order valence-corrected chi connectivity index (χ2v) is 3.76. The van der Waals surface area contributed by atoms with E-state index in [-0.39, 0.29) is 13.2 Å². The van der Waals surface area contributed by atoms with Crippen LogP contribution in [0.3, 0.4) is 0 Å². The fourth-order valence-electron chi connectivity index (χ4n) is 1.44. The van der Waals surface area contributed by atoms with Gasteiger partial charge in [-0.2, -0.15) is 0 Å². The molecule has 0 aromatic heterocycles. The van der Waals surface area contributed by atoms with Gasteiger partial charge in [-0.25, -0.2) is 9.59 Å². The third-order valence-corrected chi connectivity index (χ3v) is 2.20. The molecule has 1 aliphatic rings. The van der Waals surface area contributed by atoms with E-state index < -0.39 is 23.9 Å². The highest BCUT2D eigenvalue weighted by molar-refractivity contribution is 5.76. The summed E-state index contributed by atoms with van der Waals surface area (Å²) in [5.74, 6) is 1.05. The third kappa shape index (κ3) is 2.44. The lowest BCUT2D eigenvalue weighted by molar-refractivity contribution is -0.154. The number of amides is 1. The number of aliphatic carboxylic acids is 1. The number of terminal acetylenes is 1. The highest BCUT2D eigenvalue weighted by Gasteiger charge is 2.45. The number of hydrogen-bond donors (Lipinski definition) is 1. The lowest BCUT2D eigenvalue weighted by Crippen LogP contribution is -2.43. The summed E-state index contributed by atoms with van der Waals surface area (Å²) in [4.78, 5) is 23.5. The number of hydrogen-bond acceptors (Lipinski definition) is 4. The molecule has 88 valence electrons. The second kappa shape index (κ2) is 4.41. The Bertz CT molecular complexity index is 344. The molecule has 0 aliphatic carbocycles. The van der Waals surface area contributed by atoms with Gasteiger partial charge in [0.25, 0.3) is 0 Å². The number of carboxylic acid groups (broad SMARTS) is 1. The summed E-state index contributed by atoms with van der Waals surface area (Å²) >= 11 is 0. The molecule has 0 radical (unpaired) electrons. The molecule has 0 aromatic rings. The van der Waals surface area contributed by atoms with Crippen molar-refractivity contribution < 1.29 is 24.2 Å². The molecule has 1 atom stereocenters. The van der Waals surface area contributed by atoms with E-state index in [4.69, 9.17) is 21.0 Å². The Morgan fingerprint density at radius 3 is 2.75 bits per heavy atom. The maximum absolute atomic E-state index is 11.5. The highest BCUT2D eigenvalue weighted by Crippen LogP contribution is 2.27. The summed E-state index contributed by atoms with van der Waals surface area (Å²) in [6.45, 7) is 2.98. The smallest absolute Gasteiger partial charge is 0.413 e. The van der Waals surface area contributed by atoms with E-state index in [0.717, 1.165) is 0 Å². The highest BCUT2D eigenvalue weighted by atomic mass is 16.6. The predicted octanol–water partition coefficient (Wildman–Crippen LogP) is 0.278. The van der Waals surface area contributed by atoms with Crippen molar-refractivity contribution in [1.29, 1.82) is 0 Å². The quantitative estimate of drug-likeness (QED) is 0.685. The van der Waals surface area contributed by atoms with Crippen LogP contribution in [0.25, 0.3) is 0 Å². The minimum atomic E-state index is -1.11. The van der Waals surface area contributed by atoms with Crippen molar-refractivity contribution in [3.8, 4) is 12.3 Å². The number of ether oxygens (including phenoxy) is 2. The van der Waals surface area contributed by atoms with Crippen LogP contribution >= 0.6 is 0 Å². The van der Waals surface area contributed by atoms with E-state index in [0.29, 0.717) is 0 Å². The van der Waals surface area contributed by atoms with Crippen LogP contribution in [-0.4, -0.2) is 47.0 Å². The van der Waals surface area contributed by atoms with Crippen LogP contribution in [0.2, 0.25) is 0 Å². The third-order valence-electron chi connectivity index (χ3n) is 2.20. The Hall–Kier alpha value is -1.74. The van der Waals surface area contributed by atoms with E-state index >= 15 is 0 Å². The Balaban J connectivity index is 2.70. The van der Waals surface area contributed by atoms with Gasteiger partial charge in [-0.05, 0) is 13.8 Å². The van der Waals surface area contributed by atoms with Crippen molar-refractivity contribution in [3.05, 3.63) is 0 Å². The summed E-state index contributed by atoms with van der Waals surface area (Å²) in [6, 6.07) is 0. The Kier molecular flexibility index (Phi) is 3.40. The van der Waals surface area contributed by atoms with Crippen LogP contribution in [0.1, 0.15) is 13.8 Å². The molecule has 1 unspecified atom stereocenters. The second-order valence-electron chi connectivity index (χ2n) is 3.76. The van der Waals surface area contributed by atoms with Crippen molar-refractivity contribution in [1.82, 2.24) is 4.90 Å². The summed E-state index contributed by atoms with van der Waals surface area (Å²) < 4.78 is 9.91. The van der Waals surface area contributed by atoms with E-state index in [9.17, 15) is 9.59 Å². The molecular weight excluding hydrogens is 214 g/mol. The van der Waals surface area contributed by atoms with Gasteiger partial charge in [0.1, 0.15) is 5.72 Å². The normalized spacial score (nSPS) is 22.6. The molecule has 0 spiro atoms. The molecule has 6 nitrogen and oxygen atoms in total. The zero-order valence-corrected chi connectivity index (χ0v) is 9.10. The molecular formula is C10H13NO5. The standard InChI is InChI=1S/C10H13NO5/c1-4-5-15-9(14)11-6-7(8(12)13)16-10(11,2)3/h1,7H,5-6H2,2-3H3,(H,12,13). The maximum atomic E-state index is 11.5. The molecule has 0 aromatic carbocycles. The van der Waals surface area contributed by atoms with Crippen LogP contribution in [0.5, 0.6) is 0 Å². The van der Waals surface area contributed by atoms with E-state index in [1.807, 2.05) is 0 Å². The average Bonchev–Trinajstić information content (AvgIpc) is 2.51. The predicted molar refractivity (Wildman–Crippen MR) is 53.5 cm³/mol. The van der Waals surface area contributed by atoms with Crippen molar-refractivity contribution in [3.63, 3.8) is 0 Å². The number of carbonyl (C=O) groups excluding carboxylic acids is 1. The molecule has 0 bridgehead atoms. The van der Waals surface area contributed by atoms with Crippen LogP contribution in [0.4, 0.5) is 4.79 Å². The first-order valence-corrected chi connectivity index (χ1v) is 4.67. The first-order chi connectivity index (χ1) is 7.38. The monoisotopic (exact) mass is 227 g/mol. The number of nitrogens with zero attached hydrogens (tertiary/aromatic N) is 1. The van der Waals surface area contributed by atoms with Crippen molar-refractivity contribution in [2.75, 3.05) is 13.2 Å². The molecule has 1 heterocycles. The van der Waals surface area contributed by atoms with Gasteiger partial charge in [-0.1, -0.05) is 5.92 Å². The number of carboxylic acids is 1. The molecule has 1 aliphatic heterocycles. The number of rotatable bonds is 2. The maximum Gasteiger partial charge on any atom is 0.413 e. The van der Waals surface area contributed by atoms with Crippen molar-refractivity contribution in [2.45, 2.75) is 25.7 Å². The molecule has 0 saturated carbocycles. The van der Waals surface area contributed by atoms with Gasteiger partial charge in [0, 0.05) is 0 Å². The lowest BCUT2D eigenvalue weighted by atomic mass is 10.3. The topological polar surface area (TPSA) is 76.1 Å². The summed E-state index contributed by atoms with van der Waals surface area (Å²) in [5, 5.41) is 8.78. The summed E-state index contributed by atoms with van der Waals surface area (Å²) in [5.41, 5.74) is -1.01. The molecule has 1 N–H and O–H groups in total. The first-order valence-electron chi connectivity index (χ1n) is 4.67. The molecule has 6 heteroatoms. The van der Waals surface area contributed by atoms with Gasteiger partial charge >= 0.3 is 12.1 Å². The molecule has 1 rings (SSSR count). The SMILES string of the molecule is C#CCOC(=O)N1CC(C(=O)O)OC1(C)C. The average molecular weight is 227 g/mol. The van der Waals surface area contributed by atoms with E-state index in [2.05, 4.69) is 5.92 Å². The Morgan fingerprint density at radius 1 is 1.69 bits per heavy atom. The zero-order valence-electron chi connectivity index (χ0n) is 9.10. The Morgan fingerprint density at radius 2 is 2.31 bits per heavy atom. The molecule has 1 fully saturated rings. The van der Waals surface area contributed by atoms with Crippen LogP contribution in [-0.2, 0) is 14.3 Å². The summed E-state index contributed by atoms with van der Waals surface area (Å²) in [7, 11) is 0. The van der Waals surface area contributed by atoms with Gasteiger partial charge in [0.2, 0.25) is 0 Å². The fourth-order valence-corrected chi connectivity index (χ4v) is 1.44.